The maximum absolute atomic E-state index is 13.3. The van der Waals surface area contributed by atoms with Gasteiger partial charge in [-0.05, 0) is 19.1 Å². The zero-order valence-corrected chi connectivity index (χ0v) is 18.7. The van der Waals surface area contributed by atoms with E-state index in [1.807, 2.05) is 0 Å². The fraction of sp³-hybridized carbons (Fsp3) is 0.333. The van der Waals surface area contributed by atoms with E-state index in [-0.39, 0.29) is 54.2 Å². The van der Waals surface area contributed by atoms with Crippen LogP contribution in [0, 0.1) is 5.82 Å². The molecule has 34 heavy (non-hydrogen) atoms. The average Bonchev–Trinajstić information content (AvgIpc) is 3.40. The smallest absolute Gasteiger partial charge is 0.280 e. The van der Waals surface area contributed by atoms with Gasteiger partial charge >= 0.3 is 0 Å². The van der Waals surface area contributed by atoms with Crippen LogP contribution in [0.5, 0.6) is 0 Å². The molecular formula is C21H22FN7O5. The standard InChI is InChI=1S/C21H22FN7O5/c1-11(10-34-3)27-8-13-18(21(27)33)28(9-16(30)25-15-5-4-12(22)7-24-15)17-6-14(19(31)23-2)26-29(17)20(13)32/h4-7,11H,8-10H2,1-3H3,(H,23,31)(H,24,25,30)/t11-/m0/s1. The van der Waals surface area contributed by atoms with E-state index in [1.54, 1.807) is 6.92 Å². The number of nitrogens with zero attached hydrogens (tertiary/aromatic N) is 5. The van der Waals surface area contributed by atoms with E-state index in [4.69, 9.17) is 4.74 Å². The van der Waals surface area contributed by atoms with E-state index in [0.29, 0.717) is 0 Å². The third-order valence-electron chi connectivity index (χ3n) is 5.46. The summed E-state index contributed by atoms with van der Waals surface area (Å²) in [6.07, 6.45) is 0.954. The van der Waals surface area contributed by atoms with Crippen LogP contribution >= 0.6 is 0 Å². The van der Waals surface area contributed by atoms with E-state index in [0.717, 1.165) is 16.8 Å². The predicted octanol–water partition coefficient (Wildman–Crippen LogP) is 0.0191. The largest absolute Gasteiger partial charge is 0.383 e. The summed E-state index contributed by atoms with van der Waals surface area (Å²) in [5.74, 6) is -2.01. The number of carbonyl (C=O) groups is 3. The number of nitrogens with one attached hydrogen (secondary N) is 2. The quantitative estimate of drug-likeness (QED) is 0.495. The Morgan fingerprint density at radius 3 is 2.71 bits per heavy atom. The van der Waals surface area contributed by atoms with Crippen LogP contribution in [0.2, 0.25) is 0 Å². The van der Waals surface area contributed by atoms with Crippen molar-refractivity contribution in [3.8, 4) is 0 Å². The van der Waals surface area contributed by atoms with Crippen LogP contribution in [-0.4, -0.2) is 68.6 Å². The monoisotopic (exact) mass is 471 g/mol. The van der Waals surface area contributed by atoms with Crippen LogP contribution in [0.3, 0.4) is 0 Å². The second-order valence-corrected chi connectivity index (χ2v) is 7.74. The lowest BCUT2D eigenvalue weighted by Gasteiger charge is -2.23. The molecule has 3 aromatic heterocycles. The molecule has 3 aromatic rings. The number of fused-ring (bicyclic) bond motifs is 2. The number of anilines is 1. The van der Waals surface area contributed by atoms with Crippen molar-refractivity contribution in [1.82, 2.24) is 29.4 Å². The molecule has 0 unspecified atom stereocenters. The van der Waals surface area contributed by atoms with Crippen LogP contribution < -0.4 is 16.2 Å². The molecule has 0 radical (unpaired) electrons. The average molecular weight is 471 g/mol. The second kappa shape index (κ2) is 9.02. The molecule has 0 fully saturated rings. The van der Waals surface area contributed by atoms with Crippen molar-refractivity contribution < 1.29 is 23.5 Å². The molecule has 178 valence electrons. The molecule has 0 saturated carbocycles. The zero-order valence-electron chi connectivity index (χ0n) is 18.7. The number of amides is 3. The number of carbonyl (C=O) groups excluding carboxylic acids is 3. The van der Waals surface area contributed by atoms with Gasteiger partial charge in [-0.2, -0.15) is 9.61 Å². The Hall–Kier alpha value is -4.13. The number of ether oxygens (including phenoxy) is 1. The van der Waals surface area contributed by atoms with Gasteiger partial charge in [0.25, 0.3) is 17.4 Å². The number of methoxy groups -OCH3 is 1. The highest BCUT2D eigenvalue weighted by Crippen LogP contribution is 2.24. The molecule has 1 atom stereocenters. The lowest BCUT2D eigenvalue weighted by molar-refractivity contribution is -0.116. The molecule has 1 aliphatic rings. The molecule has 12 nitrogen and oxygen atoms in total. The van der Waals surface area contributed by atoms with Crippen LogP contribution in [-0.2, 0) is 22.6 Å². The number of aromatic nitrogens is 4. The second-order valence-electron chi connectivity index (χ2n) is 7.74. The molecular weight excluding hydrogens is 449 g/mol. The molecule has 1 aliphatic heterocycles. The Bertz CT molecular complexity index is 1350. The third kappa shape index (κ3) is 4.01. The van der Waals surface area contributed by atoms with Crippen molar-refractivity contribution in [3.63, 3.8) is 0 Å². The number of halogens is 1. The highest BCUT2D eigenvalue weighted by Gasteiger charge is 2.37. The van der Waals surface area contributed by atoms with Gasteiger partial charge in [-0.3, -0.25) is 19.2 Å². The van der Waals surface area contributed by atoms with E-state index in [1.165, 1.54) is 35.8 Å². The summed E-state index contributed by atoms with van der Waals surface area (Å²) < 4.78 is 20.6. The van der Waals surface area contributed by atoms with Gasteiger partial charge in [0.15, 0.2) is 5.69 Å². The number of hydrogen-bond donors (Lipinski definition) is 2. The SMILES string of the molecule is CNC(=O)c1cc2n(CC(=O)Nc3ccc(F)cn3)c3c(c(=O)n2n1)CN([C@@H](C)COC)C3=O. The number of pyridine rings is 1. The van der Waals surface area contributed by atoms with Gasteiger partial charge in [0, 0.05) is 20.2 Å². The first kappa shape index (κ1) is 23.0. The Morgan fingerprint density at radius 1 is 1.29 bits per heavy atom. The third-order valence-corrected chi connectivity index (χ3v) is 5.46. The van der Waals surface area contributed by atoms with Crippen LogP contribution in [0.1, 0.15) is 33.5 Å². The summed E-state index contributed by atoms with van der Waals surface area (Å²) in [6.45, 7) is 1.65. The summed E-state index contributed by atoms with van der Waals surface area (Å²) in [7, 11) is 2.92. The topological polar surface area (TPSA) is 140 Å². The molecule has 0 aliphatic carbocycles. The maximum Gasteiger partial charge on any atom is 0.280 e. The van der Waals surface area contributed by atoms with Gasteiger partial charge in [0.05, 0.1) is 31.0 Å². The van der Waals surface area contributed by atoms with Crippen LogP contribution in [0.25, 0.3) is 5.65 Å². The molecule has 4 heterocycles. The van der Waals surface area contributed by atoms with Gasteiger partial charge in [0.1, 0.15) is 29.5 Å². The Morgan fingerprint density at radius 2 is 2.06 bits per heavy atom. The van der Waals surface area contributed by atoms with Crippen molar-refractivity contribution in [1.29, 1.82) is 0 Å². The minimum atomic E-state index is -0.578. The van der Waals surface area contributed by atoms with Gasteiger partial charge in [-0.25, -0.2) is 9.37 Å². The molecule has 4 rings (SSSR count). The Kier molecular flexibility index (Phi) is 6.11. The predicted molar refractivity (Wildman–Crippen MR) is 117 cm³/mol. The van der Waals surface area contributed by atoms with E-state index >= 15 is 0 Å². The number of hydrogen-bond acceptors (Lipinski definition) is 7. The first-order valence-corrected chi connectivity index (χ1v) is 10.3. The highest BCUT2D eigenvalue weighted by atomic mass is 19.1. The van der Waals surface area contributed by atoms with E-state index in [9.17, 15) is 23.6 Å². The molecule has 3 amide bonds. The van der Waals surface area contributed by atoms with Crippen molar-refractivity contribution in [2.24, 2.45) is 0 Å². The first-order chi connectivity index (χ1) is 16.2. The summed E-state index contributed by atoms with van der Waals surface area (Å²) in [5, 5.41) is 9.04. The normalized spacial score (nSPS) is 13.8. The van der Waals surface area contributed by atoms with Crippen molar-refractivity contribution in [2.75, 3.05) is 26.1 Å². The Balaban J connectivity index is 1.81. The fourth-order valence-electron chi connectivity index (χ4n) is 3.85. The van der Waals surface area contributed by atoms with Crippen LogP contribution in [0.4, 0.5) is 10.2 Å². The molecule has 13 heteroatoms. The molecule has 0 bridgehead atoms. The van der Waals surface area contributed by atoms with E-state index in [2.05, 4.69) is 20.7 Å². The molecule has 0 spiro atoms. The maximum atomic E-state index is 13.3. The minimum Gasteiger partial charge on any atom is -0.383 e. The molecule has 2 N–H and O–H groups in total. The van der Waals surface area contributed by atoms with Crippen molar-refractivity contribution in [2.45, 2.75) is 26.1 Å². The summed E-state index contributed by atoms with van der Waals surface area (Å²) in [6, 6.07) is 3.44. The molecule has 0 aromatic carbocycles. The summed E-state index contributed by atoms with van der Waals surface area (Å²) >= 11 is 0. The van der Waals surface area contributed by atoms with Gasteiger partial charge in [-0.1, -0.05) is 0 Å². The van der Waals surface area contributed by atoms with Crippen molar-refractivity contribution in [3.05, 3.63) is 57.5 Å². The zero-order chi connectivity index (χ0) is 24.6. The Labute approximate surface area is 192 Å². The van der Waals surface area contributed by atoms with Crippen LogP contribution in [0.15, 0.2) is 29.2 Å². The number of rotatable bonds is 7. The lowest BCUT2D eigenvalue weighted by Crippen LogP contribution is -2.37. The minimum absolute atomic E-state index is 0.00374. The highest BCUT2D eigenvalue weighted by molar-refractivity contribution is 5.99. The van der Waals surface area contributed by atoms with Crippen molar-refractivity contribution >= 4 is 29.2 Å². The summed E-state index contributed by atoms with van der Waals surface area (Å²) in [5.41, 5.74) is -0.322. The van der Waals surface area contributed by atoms with Gasteiger partial charge in [-0.15, -0.1) is 0 Å². The molecule has 0 saturated heterocycles. The summed E-state index contributed by atoms with van der Waals surface area (Å²) in [4.78, 5) is 56.7. The van der Waals surface area contributed by atoms with Gasteiger partial charge in [0.2, 0.25) is 5.91 Å². The van der Waals surface area contributed by atoms with Gasteiger partial charge < -0.3 is 24.8 Å². The van der Waals surface area contributed by atoms with E-state index < -0.39 is 29.1 Å². The first-order valence-electron chi connectivity index (χ1n) is 10.3. The lowest BCUT2D eigenvalue weighted by atomic mass is 10.2. The fourth-order valence-corrected chi connectivity index (χ4v) is 3.85.